The van der Waals surface area contributed by atoms with Gasteiger partial charge in [0.25, 0.3) is 0 Å². The molecule has 0 amide bonds. The number of allylic oxidation sites excluding steroid dienone is 1. The SMILES string of the molecule is CC1CCc2c(ccc3c4c(ccc23)C=CCC4)C1C1CCNNCCCCNCN1. The van der Waals surface area contributed by atoms with Gasteiger partial charge in [-0.1, -0.05) is 43.3 Å². The average molecular weight is 419 g/mol. The molecule has 3 aliphatic rings. The van der Waals surface area contributed by atoms with Gasteiger partial charge in [0, 0.05) is 31.7 Å². The molecule has 4 heteroatoms. The third-order valence-corrected chi connectivity index (χ3v) is 7.71. The Balaban J connectivity index is 1.48. The van der Waals surface area contributed by atoms with E-state index in [2.05, 4.69) is 64.8 Å². The largest absolute Gasteiger partial charge is 0.304 e. The smallest absolute Gasteiger partial charge is 0.0456 e. The Bertz CT molecular complexity index is 922. The van der Waals surface area contributed by atoms with Crippen LogP contribution in [0, 0.1) is 5.92 Å². The lowest BCUT2D eigenvalue weighted by atomic mass is 9.70. The molecule has 2 aliphatic carbocycles. The van der Waals surface area contributed by atoms with Gasteiger partial charge in [-0.2, -0.15) is 0 Å². The lowest BCUT2D eigenvalue weighted by Gasteiger charge is -2.39. The second kappa shape index (κ2) is 9.83. The van der Waals surface area contributed by atoms with Crippen molar-refractivity contribution in [3.05, 3.63) is 52.6 Å². The summed E-state index contributed by atoms with van der Waals surface area (Å²) in [4.78, 5) is 0. The van der Waals surface area contributed by atoms with Crippen LogP contribution in [0.4, 0.5) is 0 Å². The van der Waals surface area contributed by atoms with Crippen LogP contribution in [0.2, 0.25) is 0 Å². The summed E-state index contributed by atoms with van der Waals surface area (Å²) in [6, 6.07) is 10.2. The Morgan fingerprint density at radius 1 is 0.839 bits per heavy atom. The summed E-state index contributed by atoms with van der Waals surface area (Å²) in [7, 11) is 0. The molecule has 0 aromatic heterocycles. The van der Waals surface area contributed by atoms with Crippen molar-refractivity contribution in [3.8, 4) is 0 Å². The second-order valence-electron chi connectivity index (χ2n) is 9.68. The zero-order valence-corrected chi connectivity index (χ0v) is 19.0. The Kier molecular flexibility index (Phi) is 6.70. The zero-order valence-electron chi connectivity index (χ0n) is 19.0. The van der Waals surface area contributed by atoms with E-state index < -0.39 is 0 Å². The van der Waals surface area contributed by atoms with E-state index in [-0.39, 0.29) is 0 Å². The van der Waals surface area contributed by atoms with E-state index in [4.69, 9.17) is 0 Å². The first kappa shape index (κ1) is 21.1. The maximum absolute atomic E-state index is 3.89. The number of aryl methyl sites for hydroxylation is 2. The predicted octanol–water partition coefficient (Wildman–Crippen LogP) is 4.25. The number of fused-ring (bicyclic) bond motifs is 5. The van der Waals surface area contributed by atoms with E-state index in [0.717, 1.165) is 32.7 Å². The maximum Gasteiger partial charge on any atom is 0.0456 e. The Labute approximate surface area is 187 Å². The van der Waals surface area contributed by atoms with E-state index in [9.17, 15) is 0 Å². The molecule has 31 heavy (non-hydrogen) atoms. The summed E-state index contributed by atoms with van der Waals surface area (Å²) in [6.07, 6.45) is 13.0. The van der Waals surface area contributed by atoms with Crippen LogP contribution in [0.1, 0.15) is 67.2 Å². The third kappa shape index (κ3) is 4.45. The summed E-state index contributed by atoms with van der Waals surface area (Å²) in [5.41, 5.74) is 13.0. The van der Waals surface area contributed by atoms with Gasteiger partial charge in [-0.05, 0) is 90.4 Å². The minimum atomic E-state index is 0.480. The minimum Gasteiger partial charge on any atom is -0.304 e. The van der Waals surface area contributed by atoms with E-state index in [0.29, 0.717) is 17.9 Å². The molecule has 1 heterocycles. The van der Waals surface area contributed by atoms with E-state index in [1.54, 1.807) is 16.7 Å². The molecule has 3 atom stereocenters. The van der Waals surface area contributed by atoms with Crippen LogP contribution >= 0.6 is 0 Å². The zero-order chi connectivity index (χ0) is 21.0. The van der Waals surface area contributed by atoms with Gasteiger partial charge in [0.1, 0.15) is 0 Å². The fourth-order valence-electron chi connectivity index (χ4n) is 6.07. The first-order valence-corrected chi connectivity index (χ1v) is 12.5. The van der Waals surface area contributed by atoms with Crippen LogP contribution in [0.15, 0.2) is 30.3 Å². The van der Waals surface area contributed by atoms with Crippen LogP contribution in [0.3, 0.4) is 0 Å². The van der Waals surface area contributed by atoms with Crippen molar-refractivity contribution in [2.45, 2.75) is 63.8 Å². The molecule has 166 valence electrons. The topological polar surface area (TPSA) is 48.1 Å². The van der Waals surface area contributed by atoms with Crippen molar-refractivity contribution in [1.82, 2.24) is 21.5 Å². The normalized spacial score (nSPS) is 27.7. The van der Waals surface area contributed by atoms with Crippen LogP contribution in [-0.2, 0) is 12.8 Å². The number of hydrogen-bond donors (Lipinski definition) is 4. The van der Waals surface area contributed by atoms with Crippen LogP contribution in [0.5, 0.6) is 0 Å². The van der Waals surface area contributed by atoms with Crippen molar-refractivity contribution in [1.29, 1.82) is 0 Å². The van der Waals surface area contributed by atoms with Gasteiger partial charge in [-0.3, -0.25) is 10.9 Å². The number of rotatable bonds is 1. The number of benzene rings is 2. The molecule has 0 radical (unpaired) electrons. The molecule has 0 saturated carbocycles. The summed E-state index contributed by atoms with van der Waals surface area (Å²) >= 11 is 0. The Hall–Kier alpha value is -1.72. The third-order valence-electron chi connectivity index (χ3n) is 7.71. The van der Waals surface area contributed by atoms with Gasteiger partial charge in [-0.15, -0.1) is 0 Å². The standard InChI is InChI=1S/C27H38N4/c1-19-8-10-24-23-11-9-20-6-2-3-7-21(20)22(23)12-13-25(24)27(19)26-14-17-31-30-16-5-4-15-28-18-29-26/h2,6,9,11-13,19,26-31H,3-5,7-8,10,14-18H2,1H3. The molecule has 2 aromatic rings. The summed E-state index contributed by atoms with van der Waals surface area (Å²) < 4.78 is 0. The summed E-state index contributed by atoms with van der Waals surface area (Å²) in [5, 5.41) is 10.5. The lowest BCUT2D eigenvalue weighted by Crippen LogP contribution is -2.47. The van der Waals surface area contributed by atoms with Crippen molar-refractivity contribution in [2.75, 3.05) is 26.3 Å². The quantitative estimate of drug-likeness (QED) is 0.559. The molecular weight excluding hydrogens is 380 g/mol. The monoisotopic (exact) mass is 418 g/mol. The fraction of sp³-hybridized carbons (Fsp3) is 0.556. The van der Waals surface area contributed by atoms with E-state index >= 15 is 0 Å². The van der Waals surface area contributed by atoms with Crippen molar-refractivity contribution < 1.29 is 0 Å². The second-order valence-corrected chi connectivity index (χ2v) is 9.68. The Morgan fingerprint density at radius 2 is 1.68 bits per heavy atom. The summed E-state index contributed by atoms with van der Waals surface area (Å²) in [5.74, 6) is 1.26. The number of hydrogen-bond acceptors (Lipinski definition) is 4. The van der Waals surface area contributed by atoms with Gasteiger partial charge < -0.3 is 10.6 Å². The number of nitrogens with one attached hydrogen (secondary N) is 4. The van der Waals surface area contributed by atoms with Gasteiger partial charge in [0.05, 0.1) is 0 Å². The van der Waals surface area contributed by atoms with Gasteiger partial charge >= 0.3 is 0 Å². The highest BCUT2D eigenvalue weighted by atomic mass is 15.3. The van der Waals surface area contributed by atoms with Crippen molar-refractivity contribution in [3.63, 3.8) is 0 Å². The van der Waals surface area contributed by atoms with Gasteiger partial charge in [-0.25, -0.2) is 0 Å². The molecule has 3 unspecified atom stereocenters. The highest BCUT2D eigenvalue weighted by Gasteiger charge is 2.33. The molecule has 4 nitrogen and oxygen atoms in total. The van der Waals surface area contributed by atoms with Crippen LogP contribution in [-0.4, -0.2) is 32.3 Å². The van der Waals surface area contributed by atoms with E-state index in [1.165, 1.54) is 54.9 Å². The van der Waals surface area contributed by atoms with Crippen molar-refractivity contribution >= 4 is 16.8 Å². The Morgan fingerprint density at radius 3 is 2.65 bits per heavy atom. The maximum atomic E-state index is 3.89. The minimum absolute atomic E-state index is 0.480. The molecule has 1 aliphatic heterocycles. The average Bonchev–Trinajstić information content (AvgIpc) is 2.79. The molecule has 0 bridgehead atoms. The lowest BCUT2D eigenvalue weighted by molar-refractivity contribution is 0.287. The predicted molar refractivity (Wildman–Crippen MR) is 131 cm³/mol. The first-order chi connectivity index (χ1) is 15.3. The summed E-state index contributed by atoms with van der Waals surface area (Å²) in [6.45, 7) is 6.51. The molecule has 4 N–H and O–H groups in total. The molecule has 1 fully saturated rings. The van der Waals surface area contributed by atoms with Gasteiger partial charge in [0.2, 0.25) is 0 Å². The molecular formula is C27H38N4. The highest BCUT2D eigenvalue weighted by molar-refractivity contribution is 5.93. The van der Waals surface area contributed by atoms with Gasteiger partial charge in [0.15, 0.2) is 0 Å². The molecule has 5 rings (SSSR count). The highest BCUT2D eigenvalue weighted by Crippen LogP contribution is 2.43. The molecule has 2 aromatic carbocycles. The van der Waals surface area contributed by atoms with Crippen LogP contribution in [0.25, 0.3) is 16.8 Å². The fourth-order valence-corrected chi connectivity index (χ4v) is 6.07. The number of hydrazine groups is 1. The van der Waals surface area contributed by atoms with Crippen LogP contribution < -0.4 is 21.5 Å². The van der Waals surface area contributed by atoms with E-state index in [1.807, 2.05) is 0 Å². The molecule has 1 saturated heterocycles. The molecule has 0 spiro atoms. The first-order valence-electron chi connectivity index (χ1n) is 12.5. The van der Waals surface area contributed by atoms with Crippen molar-refractivity contribution in [2.24, 2.45) is 5.92 Å².